The van der Waals surface area contributed by atoms with Crippen LogP contribution in [0.3, 0.4) is 0 Å². The van der Waals surface area contributed by atoms with Gasteiger partial charge < -0.3 is 9.84 Å². The number of carboxylic acid groups (broad SMARTS) is 1. The zero-order valence-electron chi connectivity index (χ0n) is 14.2. The van der Waals surface area contributed by atoms with Crippen LogP contribution in [-0.4, -0.2) is 35.7 Å². The molecule has 1 fully saturated rings. The molecular weight excluding hydrogens is 382 g/mol. The van der Waals surface area contributed by atoms with Crippen LogP contribution < -0.4 is 4.74 Å². The fraction of sp³-hybridized carbons (Fsp3) is 0.350. The molecule has 4 nitrogen and oxygen atoms in total. The first-order valence-electron chi connectivity index (χ1n) is 8.48. The smallest absolute Gasteiger partial charge is 0.320 e. The van der Waals surface area contributed by atoms with E-state index in [1.165, 1.54) is 0 Å². The zero-order valence-corrected chi connectivity index (χ0v) is 15.8. The summed E-state index contributed by atoms with van der Waals surface area (Å²) in [6.07, 6.45) is 2.64. The topological polar surface area (TPSA) is 49.8 Å². The molecular formula is C20H22BrNO3. The van der Waals surface area contributed by atoms with Crippen LogP contribution >= 0.6 is 15.9 Å². The molecule has 1 aliphatic rings. The number of piperidine rings is 1. The molecule has 1 N–H and O–H groups in total. The number of hydrogen-bond acceptors (Lipinski definition) is 3. The maximum absolute atomic E-state index is 11.9. The average Bonchev–Trinajstić information content (AvgIpc) is 2.64. The summed E-state index contributed by atoms with van der Waals surface area (Å²) in [6.45, 7) is 0.764. The van der Waals surface area contributed by atoms with Crippen LogP contribution in [0.5, 0.6) is 5.75 Å². The first-order valence-corrected chi connectivity index (χ1v) is 9.28. The van der Waals surface area contributed by atoms with Gasteiger partial charge in [0.05, 0.1) is 13.2 Å². The molecule has 2 atom stereocenters. The van der Waals surface area contributed by atoms with Crippen molar-refractivity contribution in [2.24, 2.45) is 0 Å². The molecule has 5 heteroatoms. The van der Waals surface area contributed by atoms with E-state index in [9.17, 15) is 9.90 Å². The summed E-state index contributed by atoms with van der Waals surface area (Å²) >= 11 is 3.65. The van der Waals surface area contributed by atoms with Gasteiger partial charge in [0.1, 0.15) is 11.8 Å². The maximum Gasteiger partial charge on any atom is 0.320 e. The molecule has 0 saturated carbocycles. The zero-order chi connectivity index (χ0) is 17.8. The molecule has 0 bridgehead atoms. The molecule has 1 aliphatic heterocycles. The minimum atomic E-state index is -0.750. The second-order valence-electron chi connectivity index (χ2n) is 6.29. The Morgan fingerprint density at radius 1 is 1.24 bits per heavy atom. The molecule has 0 radical (unpaired) electrons. The van der Waals surface area contributed by atoms with Crippen molar-refractivity contribution >= 4 is 21.9 Å². The van der Waals surface area contributed by atoms with Gasteiger partial charge in [0.2, 0.25) is 0 Å². The summed E-state index contributed by atoms with van der Waals surface area (Å²) in [6, 6.07) is 15.3. The fourth-order valence-corrected chi connectivity index (χ4v) is 4.09. The minimum absolute atomic E-state index is 0.132. The van der Waals surface area contributed by atoms with Crippen molar-refractivity contribution in [3.8, 4) is 5.75 Å². The third kappa shape index (κ3) is 3.88. The fourth-order valence-electron chi connectivity index (χ4n) is 3.59. The third-order valence-electron chi connectivity index (χ3n) is 4.77. The van der Waals surface area contributed by atoms with Gasteiger partial charge in [0.15, 0.2) is 0 Å². The van der Waals surface area contributed by atoms with E-state index in [1.54, 1.807) is 7.11 Å². The lowest BCUT2D eigenvalue weighted by Gasteiger charge is -2.40. The normalized spacial score (nSPS) is 19.4. The van der Waals surface area contributed by atoms with E-state index in [1.807, 2.05) is 42.5 Å². The molecule has 0 aromatic heterocycles. The van der Waals surface area contributed by atoms with E-state index < -0.39 is 12.0 Å². The van der Waals surface area contributed by atoms with E-state index in [2.05, 4.69) is 26.9 Å². The third-order valence-corrected chi connectivity index (χ3v) is 5.49. The quantitative estimate of drug-likeness (QED) is 0.798. The van der Waals surface area contributed by atoms with Crippen molar-refractivity contribution in [2.45, 2.75) is 31.3 Å². The summed E-state index contributed by atoms with van der Waals surface area (Å²) in [4.78, 5) is 14.0. The van der Waals surface area contributed by atoms with Crippen LogP contribution in [0.4, 0.5) is 0 Å². The summed E-state index contributed by atoms with van der Waals surface area (Å²) in [5, 5.41) is 9.74. The lowest BCUT2D eigenvalue weighted by Crippen LogP contribution is -2.46. The number of benzene rings is 2. The molecule has 2 aromatic carbocycles. The van der Waals surface area contributed by atoms with Gasteiger partial charge in [-0.1, -0.05) is 52.7 Å². The first-order chi connectivity index (χ1) is 12.1. The van der Waals surface area contributed by atoms with Crippen molar-refractivity contribution in [3.05, 3.63) is 64.1 Å². The van der Waals surface area contributed by atoms with E-state index >= 15 is 0 Å². The number of ether oxygens (including phenoxy) is 1. The molecule has 3 rings (SSSR count). The standard InChI is InChI=1S/C20H22BrNO3/c1-25-15-8-6-7-14(13-15)19(16-9-2-3-10-17(16)21)22-12-5-4-11-18(22)20(23)24/h2-3,6-10,13,18-19H,4-5,11-12H2,1H3,(H,23,24). The predicted octanol–water partition coefficient (Wildman–Crippen LogP) is 4.49. The second kappa shape index (κ2) is 8.02. The van der Waals surface area contributed by atoms with Crippen molar-refractivity contribution in [1.29, 1.82) is 0 Å². The summed E-state index contributed by atoms with van der Waals surface area (Å²) < 4.78 is 6.37. The number of carboxylic acids is 1. The van der Waals surface area contributed by atoms with Crippen LogP contribution in [0.25, 0.3) is 0 Å². The maximum atomic E-state index is 11.9. The van der Waals surface area contributed by atoms with E-state index in [0.29, 0.717) is 6.42 Å². The summed E-state index contributed by atoms with van der Waals surface area (Å²) in [5.41, 5.74) is 2.11. The number of aliphatic carboxylic acids is 1. The van der Waals surface area contributed by atoms with Crippen LogP contribution in [0, 0.1) is 0 Å². The van der Waals surface area contributed by atoms with Gasteiger partial charge in [-0.05, 0) is 48.7 Å². The molecule has 1 heterocycles. The predicted molar refractivity (Wildman–Crippen MR) is 101 cm³/mol. The monoisotopic (exact) mass is 403 g/mol. The van der Waals surface area contributed by atoms with Gasteiger partial charge >= 0.3 is 5.97 Å². The molecule has 0 amide bonds. The lowest BCUT2D eigenvalue weighted by atomic mass is 9.91. The highest BCUT2D eigenvalue weighted by Gasteiger charge is 2.35. The highest BCUT2D eigenvalue weighted by molar-refractivity contribution is 9.10. The van der Waals surface area contributed by atoms with Crippen LogP contribution in [0.1, 0.15) is 36.4 Å². The molecule has 2 unspecified atom stereocenters. The Kier molecular flexibility index (Phi) is 5.76. The van der Waals surface area contributed by atoms with Gasteiger partial charge in [-0.25, -0.2) is 0 Å². The van der Waals surface area contributed by atoms with Crippen LogP contribution in [0.2, 0.25) is 0 Å². The Balaban J connectivity index is 2.11. The SMILES string of the molecule is COc1cccc(C(c2ccccc2Br)N2CCCCC2C(=O)O)c1. The van der Waals surface area contributed by atoms with Gasteiger partial charge in [-0.15, -0.1) is 0 Å². The summed E-state index contributed by atoms with van der Waals surface area (Å²) in [5.74, 6) is 0.0260. The van der Waals surface area contributed by atoms with Crippen molar-refractivity contribution in [3.63, 3.8) is 0 Å². The van der Waals surface area contributed by atoms with E-state index in [0.717, 1.165) is 40.7 Å². The molecule has 1 saturated heterocycles. The number of methoxy groups -OCH3 is 1. The van der Waals surface area contributed by atoms with E-state index in [-0.39, 0.29) is 6.04 Å². The van der Waals surface area contributed by atoms with Gasteiger partial charge in [0.25, 0.3) is 0 Å². The highest BCUT2D eigenvalue weighted by Crippen LogP contribution is 2.38. The lowest BCUT2D eigenvalue weighted by molar-refractivity contribution is -0.145. The van der Waals surface area contributed by atoms with Crippen LogP contribution in [0.15, 0.2) is 53.0 Å². The Bertz CT molecular complexity index is 749. The van der Waals surface area contributed by atoms with Crippen molar-refractivity contribution in [2.75, 3.05) is 13.7 Å². The molecule has 132 valence electrons. The van der Waals surface area contributed by atoms with Gasteiger partial charge in [-0.3, -0.25) is 9.69 Å². The number of rotatable bonds is 5. The molecule has 0 spiro atoms. The van der Waals surface area contributed by atoms with Crippen molar-refractivity contribution < 1.29 is 14.6 Å². The second-order valence-corrected chi connectivity index (χ2v) is 7.14. The van der Waals surface area contributed by atoms with E-state index in [4.69, 9.17) is 4.74 Å². The van der Waals surface area contributed by atoms with Crippen LogP contribution in [-0.2, 0) is 4.79 Å². The Morgan fingerprint density at radius 2 is 2.04 bits per heavy atom. The number of carbonyl (C=O) groups is 1. The molecule has 2 aromatic rings. The van der Waals surface area contributed by atoms with Gasteiger partial charge in [0, 0.05) is 4.47 Å². The van der Waals surface area contributed by atoms with Gasteiger partial charge in [-0.2, -0.15) is 0 Å². The Hall–Kier alpha value is -1.85. The number of nitrogens with zero attached hydrogens (tertiary/aromatic N) is 1. The first kappa shape index (κ1) is 18.0. The highest BCUT2D eigenvalue weighted by atomic mass is 79.9. The average molecular weight is 404 g/mol. The summed E-state index contributed by atoms with van der Waals surface area (Å²) in [7, 11) is 1.65. The largest absolute Gasteiger partial charge is 0.497 e. The van der Waals surface area contributed by atoms with Crippen molar-refractivity contribution in [1.82, 2.24) is 4.90 Å². The molecule has 0 aliphatic carbocycles. The Morgan fingerprint density at radius 3 is 2.76 bits per heavy atom. The molecule has 25 heavy (non-hydrogen) atoms. The number of likely N-dealkylation sites (tertiary alicyclic amines) is 1. The number of halogens is 1. The minimum Gasteiger partial charge on any atom is -0.497 e. The number of hydrogen-bond donors (Lipinski definition) is 1. The Labute approximate surface area is 156 Å².